The molecular weight excluding hydrogens is 354 g/mol. The zero-order chi connectivity index (χ0) is 18.0. The number of carbonyl (C=O) groups is 1. The molecule has 1 atom stereocenters. The van der Waals surface area contributed by atoms with Gasteiger partial charge in [-0.1, -0.05) is 31.1 Å². The Balaban J connectivity index is 1.58. The molecule has 2 heterocycles. The summed E-state index contributed by atoms with van der Waals surface area (Å²) in [6, 6.07) is 0. The summed E-state index contributed by atoms with van der Waals surface area (Å²) >= 11 is 2.85. The van der Waals surface area contributed by atoms with Gasteiger partial charge in [-0.3, -0.25) is 9.59 Å². The molecule has 25 heavy (non-hydrogen) atoms. The number of rotatable bonds is 6. The predicted molar refractivity (Wildman–Crippen MR) is 104 cm³/mol. The van der Waals surface area contributed by atoms with Gasteiger partial charge in [0.2, 0.25) is 5.91 Å². The normalized spacial score (nSPS) is 16.7. The van der Waals surface area contributed by atoms with Crippen LogP contribution in [0.25, 0.3) is 0 Å². The van der Waals surface area contributed by atoms with Gasteiger partial charge < -0.3 is 9.88 Å². The summed E-state index contributed by atoms with van der Waals surface area (Å²) in [6.07, 6.45) is 6.11. The van der Waals surface area contributed by atoms with Crippen LogP contribution in [0.3, 0.4) is 0 Å². The van der Waals surface area contributed by atoms with E-state index in [1.165, 1.54) is 35.5 Å². The molecular formula is C18H25N3O2S2. The molecule has 0 radical (unpaired) electrons. The second kappa shape index (κ2) is 7.83. The average Bonchev–Trinajstić information content (AvgIpc) is 3.06. The third-order valence-electron chi connectivity index (χ3n) is 4.92. The first-order valence-electron chi connectivity index (χ1n) is 8.93. The summed E-state index contributed by atoms with van der Waals surface area (Å²) in [7, 11) is 0. The highest BCUT2D eigenvalue weighted by Crippen LogP contribution is 2.34. The smallest absolute Gasteiger partial charge is 0.303 e. The van der Waals surface area contributed by atoms with Crippen LogP contribution in [0.5, 0.6) is 0 Å². The summed E-state index contributed by atoms with van der Waals surface area (Å²) in [5.41, 5.74) is 2.11. The lowest BCUT2D eigenvalue weighted by Gasteiger charge is -2.19. The highest BCUT2D eigenvalue weighted by molar-refractivity contribution is 7.15. The van der Waals surface area contributed by atoms with E-state index >= 15 is 0 Å². The molecule has 0 bridgehead atoms. The van der Waals surface area contributed by atoms with E-state index in [1.54, 1.807) is 15.9 Å². The number of fused-ring (bicyclic) bond motifs is 1. The monoisotopic (exact) mass is 379 g/mol. The number of aryl methyl sites for hydroxylation is 2. The first kappa shape index (κ1) is 18.3. The molecule has 136 valence electrons. The predicted octanol–water partition coefficient (Wildman–Crippen LogP) is 3.92. The molecule has 0 fully saturated rings. The second-order valence-corrected chi connectivity index (χ2v) is 9.00. The van der Waals surface area contributed by atoms with Gasteiger partial charge in [-0.25, -0.2) is 4.98 Å². The Kier molecular flexibility index (Phi) is 5.74. The number of anilines is 1. The summed E-state index contributed by atoms with van der Waals surface area (Å²) < 4.78 is 1.68. The third kappa shape index (κ3) is 4.20. The van der Waals surface area contributed by atoms with Gasteiger partial charge in [-0.15, -0.1) is 11.3 Å². The molecule has 0 aromatic carbocycles. The number of nitrogens with zero attached hydrogens (tertiary/aromatic N) is 2. The number of carbonyl (C=O) groups excluding carboxylic acids is 1. The van der Waals surface area contributed by atoms with Crippen LogP contribution >= 0.6 is 22.7 Å². The highest BCUT2D eigenvalue weighted by Gasteiger charge is 2.22. The molecule has 2 aromatic rings. The first-order valence-corrected chi connectivity index (χ1v) is 10.6. The van der Waals surface area contributed by atoms with Gasteiger partial charge in [0.15, 0.2) is 5.13 Å². The van der Waals surface area contributed by atoms with E-state index < -0.39 is 0 Å². The molecule has 5 nitrogen and oxygen atoms in total. The van der Waals surface area contributed by atoms with Crippen molar-refractivity contribution in [2.75, 3.05) is 5.32 Å². The van der Waals surface area contributed by atoms with Gasteiger partial charge >= 0.3 is 4.87 Å². The van der Waals surface area contributed by atoms with Gasteiger partial charge in [0, 0.05) is 28.4 Å². The van der Waals surface area contributed by atoms with Crippen molar-refractivity contribution in [2.24, 2.45) is 5.92 Å². The lowest BCUT2D eigenvalue weighted by molar-refractivity contribution is -0.116. The number of amides is 1. The van der Waals surface area contributed by atoms with Gasteiger partial charge in [0.25, 0.3) is 0 Å². The number of nitrogens with one attached hydrogen (secondary N) is 1. The Morgan fingerprint density at radius 1 is 1.36 bits per heavy atom. The minimum atomic E-state index is -0.0774. The number of hydrogen-bond acceptors (Lipinski definition) is 5. The number of aromatic nitrogens is 2. The van der Waals surface area contributed by atoms with Gasteiger partial charge in [0.05, 0.1) is 5.69 Å². The van der Waals surface area contributed by atoms with Crippen LogP contribution in [-0.2, 0) is 24.2 Å². The molecule has 0 saturated heterocycles. The van der Waals surface area contributed by atoms with E-state index in [0.717, 1.165) is 35.0 Å². The summed E-state index contributed by atoms with van der Waals surface area (Å²) in [5, 5.41) is 3.62. The zero-order valence-corrected chi connectivity index (χ0v) is 16.7. The lowest BCUT2D eigenvalue weighted by atomic mass is 9.88. The van der Waals surface area contributed by atoms with Crippen molar-refractivity contribution >= 4 is 33.7 Å². The van der Waals surface area contributed by atoms with E-state index in [4.69, 9.17) is 0 Å². The Morgan fingerprint density at radius 3 is 2.84 bits per heavy atom. The van der Waals surface area contributed by atoms with Crippen molar-refractivity contribution in [3.05, 3.63) is 30.8 Å². The largest absolute Gasteiger partial charge is 0.307 e. The molecule has 1 amide bonds. The Bertz CT molecular complexity index is 819. The molecule has 1 unspecified atom stereocenters. The fourth-order valence-electron chi connectivity index (χ4n) is 3.39. The van der Waals surface area contributed by atoms with Crippen molar-refractivity contribution in [1.29, 1.82) is 0 Å². The van der Waals surface area contributed by atoms with E-state index in [1.807, 2.05) is 13.8 Å². The lowest BCUT2D eigenvalue weighted by Crippen LogP contribution is -2.20. The SMILES string of the molecule is CCCC1CCc2nc(NC(=O)CCn3c(C)c(C)sc3=O)sc2C1. The van der Waals surface area contributed by atoms with Gasteiger partial charge in [0.1, 0.15) is 0 Å². The number of thiazole rings is 2. The zero-order valence-electron chi connectivity index (χ0n) is 15.1. The van der Waals surface area contributed by atoms with Crippen molar-refractivity contribution in [1.82, 2.24) is 9.55 Å². The minimum Gasteiger partial charge on any atom is -0.303 e. The fourth-order valence-corrected chi connectivity index (χ4v) is 5.39. The topological polar surface area (TPSA) is 64.0 Å². The van der Waals surface area contributed by atoms with Crippen molar-refractivity contribution in [2.45, 2.75) is 65.8 Å². The van der Waals surface area contributed by atoms with Gasteiger partial charge in [-0.05, 0) is 39.0 Å². The quantitative estimate of drug-likeness (QED) is 0.827. The van der Waals surface area contributed by atoms with E-state index in [9.17, 15) is 9.59 Å². The van der Waals surface area contributed by atoms with E-state index in [-0.39, 0.29) is 10.8 Å². The molecule has 0 saturated carbocycles. The van der Waals surface area contributed by atoms with Crippen LogP contribution in [0.1, 0.15) is 53.7 Å². The van der Waals surface area contributed by atoms with Crippen LogP contribution in [0.4, 0.5) is 5.13 Å². The fraction of sp³-hybridized carbons (Fsp3) is 0.611. The summed E-state index contributed by atoms with van der Waals surface area (Å²) in [4.78, 5) is 31.1. The molecule has 1 aliphatic rings. The molecule has 1 N–H and O–H groups in total. The maximum absolute atomic E-state index is 12.2. The van der Waals surface area contributed by atoms with Crippen molar-refractivity contribution in [3.63, 3.8) is 0 Å². The molecule has 7 heteroatoms. The molecule has 1 aliphatic carbocycles. The standard InChI is InChI=1S/C18H25N3O2S2/c1-4-5-13-6-7-14-15(10-13)25-17(19-14)20-16(22)8-9-21-11(2)12(3)24-18(21)23/h13H,4-10H2,1-3H3,(H,19,20,22). The Morgan fingerprint density at radius 2 is 2.16 bits per heavy atom. The number of hydrogen-bond donors (Lipinski definition) is 1. The van der Waals surface area contributed by atoms with E-state index in [0.29, 0.717) is 18.1 Å². The van der Waals surface area contributed by atoms with E-state index in [2.05, 4.69) is 17.2 Å². The average molecular weight is 380 g/mol. The Hall–Kier alpha value is -1.47. The van der Waals surface area contributed by atoms with Gasteiger partial charge in [-0.2, -0.15) is 0 Å². The second-order valence-electron chi connectivity index (χ2n) is 6.75. The highest BCUT2D eigenvalue weighted by atomic mass is 32.1. The van der Waals surface area contributed by atoms with Crippen molar-refractivity contribution < 1.29 is 4.79 Å². The van der Waals surface area contributed by atoms with Crippen LogP contribution < -0.4 is 10.2 Å². The van der Waals surface area contributed by atoms with Crippen molar-refractivity contribution in [3.8, 4) is 0 Å². The van der Waals surface area contributed by atoms with Crippen LogP contribution in [0, 0.1) is 19.8 Å². The van der Waals surface area contributed by atoms with Crippen LogP contribution in [-0.4, -0.2) is 15.5 Å². The summed E-state index contributed by atoms with van der Waals surface area (Å²) in [5.74, 6) is 0.685. The summed E-state index contributed by atoms with van der Waals surface area (Å²) in [6.45, 7) is 6.51. The van der Waals surface area contributed by atoms with Crippen LogP contribution in [0.2, 0.25) is 0 Å². The van der Waals surface area contributed by atoms with Crippen LogP contribution in [0.15, 0.2) is 4.79 Å². The maximum atomic E-state index is 12.2. The molecule has 3 rings (SSSR count). The molecule has 2 aromatic heterocycles. The molecule has 0 spiro atoms. The Labute approximate surface area is 156 Å². The minimum absolute atomic E-state index is 0.00878. The third-order valence-corrected chi connectivity index (χ3v) is 6.95. The first-order chi connectivity index (χ1) is 12.0. The maximum Gasteiger partial charge on any atom is 0.307 e. The molecule has 0 aliphatic heterocycles.